The molecule has 2 nitrogen and oxygen atoms in total. The number of hydrogen-bond donors (Lipinski definition) is 1. The summed E-state index contributed by atoms with van der Waals surface area (Å²) in [5.74, 6) is -0.720. The quantitative estimate of drug-likeness (QED) is 0.729. The summed E-state index contributed by atoms with van der Waals surface area (Å²) >= 11 is 0. The highest BCUT2D eigenvalue weighted by atomic mass is 19.1. The zero-order chi connectivity index (χ0) is 9.14. The van der Waals surface area contributed by atoms with Gasteiger partial charge in [0.05, 0.1) is 0 Å². The molecule has 64 valence electrons. The van der Waals surface area contributed by atoms with Crippen LogP contribution in [-0.4, -0.2) is 10.9 Å². The fraction of sp³-hybridized carbons (Fsp3) is 0.222. The molecular formula is C9H9FO2. The summed E-state index contributed by atoms with van der Waals surface area (Å²) in [6, 6.07) is 3.63. The molecule has 1 N–H and O–H groups in total. The van der Waals surface area contributed by atoms with Gasteiger partial charge in [0, 0.05) is 18.1 Å². The first-order valence-corrected chi connectivity index (χ1v) is 3.56. The van der Waals surface area contributed by atoms with Crippen LogP contribution in [-0.2, 0) is 11.2 Å². The summed E-state index contributed by atoms with van der Waals surface area (Å²) in [5, 5.41) is 9.15. The molecule has 3 heteroatoms. The molecule has 1 rings (SSSR count). The molecule has 0 unspecified atom stereocenters. The maximum Gasteiger partial charge on any atom is 0.134 e. The van der Waals surface area contributed by atoms with Crippen LogP contribution in [0.25, 0.3) is 0 Å². The average molecular weight is 168 g/mol. The maximum absolute atomic E-state index is 12.4. The second-order valence-corrected chi connectivity index (χ2v) is 2.65. The van der Waals surface area contributed by atoms with E-state index in [1.807, 2.05) is 0 Å². The summed E-state index contributed by atoms with van der Waals surface area (Å²) in [4.78, 5) is 10.6. The van der Waals surface area contributed by atoms with Crippen LogP contribution in [0.5, 0.6) is 5.75 Å². The first-order chi connectivity index (χ1) is 5.59. The lowest BCUT2D eigenvalue weighted by molar-refractivity contribution is -0.116. The molecule has 0 spiro atoms. The van der Waals surface area contributed by atoms with Gasteiger partial charge in [0.2, 0.25) is 0 Å². The van der Waals surface area contributed by atoms with E-state index in [9.17, 15) is 9.18 Å². The third-order valence-electron chi connectivity index (χ3n) is 1.49. The number of carbonyl (C=O) groups excluding carboxylic acids is 1. The van der Waals surface area contributed by atoms with Crippen molar-refractivity contribution in [1.82, 2.24) is 0 Å². The van der Waals surface area contributed by atoms with Gasteiger partial charge < -0.3 is 5.11 Å². The van der Waals surface area contributed by atoms with Crippen molar-refractivity contribution in [2.24, 2.45) is 0 Å². The lowest BCUT2D eigenvalue weighted by Gasteiger charge is -2.00. The highest BCUT2D eigenvalue weighted by molar-refractivity contribution is 5.78. The van der Waals surface area contributed by atoms with Gasteiger partial charge in [-0.1, -0.05) is 6.07 Å². The molecule has 12 heavy (non-hydrogen) atoms. The average Bonchev–Trinajstić information content (AvgIpc) is 1.94. The van der Waals surface area contributed by atoms with E-state index in [0.29, 0.717) is 5.56 Å². The van der Waals surface area contributed by atoms with Crippen LogP contribution < -0.4 is 0 Å². The second kappa shape index (κ2) is 3.34. The monoisotopic (exact) mass is 168 g/mol. The van der Waals surface area contributed by atoms with Crippen molar-refractivity contribution >= 4 is 5.78 Å². The number of aromatic hydroxyl groups is 1. The minimum atomic E-state index is -0.500. The lowest BCUT2D eigenvalue weighted by Crippen LogP contribution is -1.96. The summed E-state index contributed by atoms with van der Waals surface area (Å²) in [6.07, 6.45) is 0.145. The topological polar surface area (TPSA) is 37.3 Å². The minimum absolute atomic E-state index is 0.0584. The summed E-state index contributed by atoms with van der Waals surface area (Å²) in [7, 11) is 0. The van der Waals surface area contributed by atoms with Gasteiger partial charge in [0.1, 0.15) is 17.3 Å². The van der Waals surface area contributed by atoms with Crippen LogP contribution in [0.15, 0.2) is 18.2 Å². The van der Waals surface area contributed by atoms with E-state index in [1.54, 1.807) is 0 Å². The Morgan fingerprint density at radius 2 is 2.25 bits per heavy atom. The molecule has 0 aliphatic carbocycles. The normalized spacial score (nSPS) is 9.83. The van der Waals surface area contributed by atoms with Gasteiger partial charge >= 0.3 is 0 Å². The van der Waals surface area contributed by atoms with Crippen molar-refractivity contribution < 1.29 is 14.3 Å². The first-order valence-electron chi connectivity index (χ1n) is 3.56. The fourth-order valence-corrected chi connectivity index (χ4v) is 0.955. The predicted molar refractivity (Wildman–Crippen MR) is 42.4 cm³/mol. The van der Waals surface area contributed by atoms with E-state index < -0.39 is 5.82 Å². The molecule has 0 aliphatic rings. The van der Waals surface area contributed by atoms with Crippen molar-refractivity contribution in [3.8, 4) is 5.75 Å². The SMILES string of the molecule is CC(=O)Cc1ccc(F)cc1O. The Kier molecular flexibility index (Phi) is 2.43. The third kappa shape index (κ3) is 2.05. The maximum atomic E-state index is 12.4. The number of ketones is 1. The number of hydrogen-bond acceptors (Lipinski definition) is 2. The van der Waals surface area contributed by atoms with E-state index >= 15 is 0 Å². The molecule has 0 aromatic heterocycles. The first kappa shape index (κ1) is 8.71. The second-order valence-electron chi connectivity index (χ2n) is 2.65. The molecule has 0 aliphatic heterocycles. The van der Waals surface area contributed by atoms with Gasteiger partial charge in [-0.25, -0.2) is 4.39 Å². The number of Topliss-reactive ketones (excluding diaryl/α,β-unsaturated/α-hetero) is 1. The van der Waals surface area contributed by atoms with E-state index in [1.165, 1.54) is 19.1 Å². The van der Waals surface area contributed by atoms with Gasteiger partial charge in [0.25, 0.3) is 0 Å². The third-order valence-corrected chi connectivity index (χ3v) is 1.49. The summed E-state index contributed by atoms with van der Waals surface area (Å²) in [5.41, 5.74) is 0.462. The molecule has 1 aromatic carbocycles. The number of phenols is 1. The Bertz CT molecular complexity index is 307. The molecular weight excluding hydrogens is 159 g/mol. The number of phenolic OH excluding ortho intramolecular Hbond substituents is 1. The van der Waals surface area contributed by atoms with Crippen molar-refractivity contribution in [1.29, 1.82) is 0 Å². The zero-order valence-corrected chi connectivity index (χ0v) is 6.67. The number of halogens is 1. The Labute approximate surface area is 69.6 Å². The molecule has 0 heterocycles. The Hall–Kier alpha value is -1.38. The van der Waals surface area contributed by atoms with Crippen LogP contribution in [0.3, 0.4) is 0 Å². The van der Waals surface area contributed by atoms with Gasteiger partial charge in [0.15, 0.2) is 0 Å². The van der Waals surface area contributed by atoms with Crippen LogP contribution in [0.4, 0.5) is 4.39 Å². The molecule has 0 fully saturated rings. The standard InChI is InChI=1S/C9H9FO2/c1-6(11)4-7-2-3-8(10)5-9(7)12/h2-3,5,12H,4H2,1H3. The number of rotatable bonds is 2. The van der Waals surface area contributed by atoms with Crippen LogP contribution in [0.1, 0.15) is 12.5 Å². The molecule has 0 atom stereocenters. The molecule has 0 saturated carbocycles. The highest BCUT2D eigenvalue weighted by Gasteiger charge is 2.04. The Morgan fingerprint density at radius 1 is 1.58 bits per heavy atom. The van der Waals surface area contributed by atoms with Gasteiger partial charge in [-0.15, -0.1) is 0 Å². The predicted octanol–water partition coefficient (Wildman–Crippen LogP) is 1.66. The van der Waals surface area contributed by atoms with E-state index in [2.05, 4.69) is 0 Å². The van der Waals surface area contributed by atoms with Crippen molar-refractivity contribution in [2.75, 3.05) is 0 Å². The molecule has 0 saturated heterocycles. The van der Waals surface area contributed by atoms with Crippen molar-refractivity contribution in [3.63, 3.8) is 0 Å². The van der Waals surface area contributed by atoms with E-state index in [0.717, 1.165) is 6.07 Å². The Morgan fingerprint density at radius 3 is 2.75 bits per heavy atom. The fourth-order valence-electron chi connectivity index (χ4n) is 0.955. The van der Waals surface area contributed by atoms with Gasteiger partial charge in [-0.2, -0.15) is 0 Å². The highest BCUT2D eigenvalue weighted by Crippen LogP contribution is 2.18. The Balaban J connectivity index is 2.93. The lowest BCUT2D eigenvalue weighted by atomic mass is 10.1. The minimum Gasteiger partial charge on any atom is -0.508 e. The molecule has 1 aromatic rings. The largest absolute Gasteiger partial charge is 0.508 e. The van der Waals surface area contributed by atoms with E-state index in [4.69, 9.17) is 5.11 Å². The van der Waals surface area contributed by atoms with Crippen LogP contribution in [0.2, 0.25) is 0 Å². The van der Waals surface area contributed by atoms with Crippen molar-refractivity contribution in [3.05, 3.63) is 29.6 Å². The molecule has 0 radical (unpaired) electrons. The number of benzene rings is 1. The van der Waals surface area contributed by atoms with E-state index in [-0.39, 0.29) is 18.0 Å². The molecule has 0 bridgehead atoms. The summed E-state index contributed by atoms with van der Waals surface area (Å²) in [6.45, 7) is 1.42. The van der Waals surface area contributed by atoms with Crippen LogP contribution in [0, 0.1) is 5.82 Å². The van der Waals surface area contributed by atoms with Crippen molar-refractivity contribution in [2.45, 2.75) is 13.3 Å². The molecule has 0 amide bonds. The smallest absolute Gasteiger partial charge is 0.134 e. The summed E-state index contributed by atoms with van der Waals surface area (Å²) < 4.78 is 12.4. The zero-order valence-electron chi connectivity index (χ0n) is 6.67. The van der Waals surface area contributed by atoms with Gasteiger partial charge in [-0.05, 0) is 13.0 Å². The van der Waals surface area contributed by atoms with Gasteiger partial charge in [-0.3, -0.25) is 4.79 Å². The number of carbonyl (C=O) groups is 1. The van der Waals surface area contributed by atoms with Crippen LogP contribution >= 0.6 is 0 Å².